The number of aliphatic carboxylic acids is 1. The van der Waals surface area contributed by atoms with E-state index in [0.717, 1.165) is 0 Å². The highest BCUT2D eigenvalue weighted by atomic mass is 16.5. The molecule has 0 aromatic carbocycles. The van der Waals surface area contributed by atoms with Crippen molar-refractivity contribution in [2.24, 2.45) is 5.92 Å². The summed E-state index contributed by atoms with van der Waals surface area (Å²) < 4.78 is 5.51. The minimum Gasteiger partial charge on any atom is -0.481 e. The van der Waals surface area contributed by atoms with E-state index in [1.807, 2.05) is 6.92 Å². The third kappa shape index (κ3) is 3.40. The van der Waals surface area contributed by atoms with Gasteiger partial charge in [-0.3, -0.25) is 4.79 Å². The van der Waals surface area contributed by atoms with E-state index in [1.54, 1.807) is 9.80 Å². The Kier molecular flexibility index (Phi) is 4.82. The molecule has 2 rings (SSSR count). The molecule has 0 aliphatic carbocycles. The Morgan fingerprint density at radius 1 is 1.20 bits per heavy atom. The third-order valence-corrected chi connectivity index (χ3v) is 3.92. The largest absolute Gasteiger partial charge is 0.481 e. The van der Waals surface area contributed by atoms with Gasteiger partial charge in [0.2, 0.25) is 0 Å². The number of piperidine rings is 1. The van der Waals surface area contributed by atoms with Crippen molar-refractivity contribution in [2.75, 3.05) is 32.8 Å². The van der Waals surface area contributed by atoms with Crippen LogP contribution in [0.3, 0.4) is 0 Å². The van der Waals surface area contributed by atoms with Gasteiger partial charge in [-0.05, 0) is 19.8 Å². The Hall–Kier alpha value is -1.34. The van der Waals surface area contributed by atoms with Crippen molar-refractivity contribution in [2.45, 2.75) is 32.0 Å². The number of nitrogens with zero attached hydrogens (tertiary/aromatic N) is 2. The maximum atomic E-state index is 12.4. The lowest BCUT2D eigenvalue weighted by molar-refractivity contribution is -0.143. The van der Waals surface area contributed by atoms with Crippen LogP contribution in [0.15, 0.2) is 0 Å². The number of hydrogen-bond donors (Lipinski definition) is 2. The Bertz CT molecular complexity index is 368. The Labute approximate surface area is 118 Å². The second-order valence-electron chi connectivity index (χ2n) is 5.54. The summed E-state index contributed by atoms with van der Waals surface area (Å²) in [5.74, 6) is -1.12. The number of carboxylic acids is 1. The molecule has 2 fully saturated rings. The van der Waals surface area contributed by atoms with Gasteiger partial charge in [-0.15, -0.1) is 0 Å². The average Bonchev–Trinajstić information content (AvgIpc) is 2.45. The molecule has 2 N–H and O–H groups in total. The van der Waals surface area contributed by atoms with Crippen molar-refractivity contribution < 1.29 is 24.5 Å². The fraction of sp³-hybridized carbons (Fsp3) is 0.846. The molecule has 0 spiro atoms. The number of rotatable bonds is 2. The highest BCUT2D eigenvalue weighted by Crippen LogP contribution is 2.20. The van der Waals surface area contributed by atoms with Crippen LogP contribution in [0.2, 0.25) is 0 Å². The number of carbonyl (C=O) groups excluding carboxylic acids is 1. The maximum absolute atomic E-state index is 12.4. The number of aliphatic hydroxyl groups excluding tert-OH is 1. The lowest BCUT2D eigenvalue weighted by Gasteiger charge is -2.40. The number of aliphatic hydroxyl groups is 1. The zero-order valence-corrected chi connectivity index (χ0v) is 11.7. The summed E-state index contributed by atoms with van der Waals surface area (Å²) in [4.78, 5) is 26.7. The quantitative estimate of drug-likeness (QED) is 0.745. The van der Waals surface area contributed by atoms with Crippen LogP contribution in [0, 0.1) is 5.92 Å². The van der Waals surface area contributed by atoms with Crippen LogP contribution in [-0.4, -0.2) is 77.0 Å². The molecular formula is C13H22N2O5. The Morgan fingerprint density at radius 3 is 2.40 bits per heavy atom. The van der Waals surface area contributed by atoms with Crippen LogP contribution >= 0.6 is 0 Å². The summed E-state index contributed by atoms with van der Waals surface area (Å²) >= 11 is 0. The molecule has 20 heavy (non-hydrogen) atoms. The van der Waals surface area contributed by atoms with Crippen molar-refractivity contribution >= 4 is 12.0 Å². The van der Waals surface area contributed by atoms with Crippen LogP contribution in [-0.2, 0) is 9.53 Å². The van der Waals surface area contributed by atoms with Gasteiger partial charge in [0.25, 0.3) is 0 Å². The fourth-order valence-electron chi connectivity index (χ4n) is 2.82. The van der Waals surface area contributed by atoms with Gasteiger partial charge in [0.05, 0.1) is 31.3 Å². The van der Waals surface area contributed by atoms with Gasteiger partial charge >= 0.3 is 12.0 Å². The van der Waals surface area contributed by atoms with Gasteiger partial charge in [0.15, 0.2) is 0 Å². The molecule has 7 nitrogen and oxygen atoms in total. The summed E-state index contributed by atoms with van der Waals surface area (Å²) in [6, 6.07) is -0.0811. The Morgan fingerprint density at radius 2 is 1.85 bits per heavy atom. The second-order valence-corrected chi connectivity index (χ2v) is 5.54. The number of hydrogen-bond acceptors (Lipinski definition) is 4. The van der Waals surface area contributed by atoms with E-state index in [4.69, 9.17) is 9.84 Å². The molecule has 2 amide bonds. The fourth-order valence-corrected chi connectivity index (χ4v) is 2.82. The second kappa shape index (κ2) is 6.41. The first-order chi connectivity index (χ1) is 9.51. The number of ether oxygens (including phenoxy) is 1. The van der Waals surface area contributed by atoms with Crippen molar-refractivity contribution in [3.63, 3.8) is 0 Å². The molecule has 2 unspecified atom stereocenters. The first-order valence-corrected chi connectivity index (χ1v) is 7.04. The molecule has 2 atom stereocenters. The first-order valence-electron chi connectivity index (χ1n) is 7.04. The van der Waals surface area contributed by atoms with Crippen molar-refractivity contribution in [1.82, 2.24) is 9.80 Å². The highest BCUT2D eigenvalue weighted by Gasteiger charge is 2.33. The minimum absolute atomic E-state index is 0.0811. The Balaban J connectivity index is 1.89. The molecule has 0 aromatic heterocycles. The van der Waals surface area contributed by atoms with Crippen LogP contribution < -0.4 is 0 Å². The molecule has 0 saturated carbocycles. The smallest absolute Gasteiger partial charge is 0.320 e. The predicted molar refractivity (Wildman–Crippen MR) is 70.3 cm³/mol. The minimum atomic E-state index is -0.780. The van der Waals surface area contributed by atoms with Crippen molar-refractivity contribution in [1.29, 1.82) is 0 Å². The number of amides is 2. The molecule has 2 heterocycles. The zero-order valence-electron chi connectivity index (χ0n) is 11.7. The van der Waals surface area contributed by atoms with Crippen molar-refractivity contribution in [3.8, 4) is 0 Å². The zero-order chi connectivity index (χ0) is 14.7. The van der Waals surface area contributed by atoms with Gasteiger partial charge in [-0.1, -0.05) is 0 Å². The standard InChI is InChI=1S/C13H22N2O5/c1-9-6-15(7-11(8-16)20-9)13(19)14-4-2-10(3-5-14)12(17)18/h9-11,16H,2-8H2,1H3,(H,17,18). The molecule has 0 radical (unpaired) electrons. The summed E-state index contributed by atoms with van der Waals surface area (Å²) in [5.41, 5.74) is 0. The lowest BCUT2D eigenvalue weighted by atomic mass is 9.97. The van der Waals surface area contributed by atoms with Crippen molar-refractivity contribution in [3.05, 3.63) is 0 Å². The molecule has 2 saturated heterocycles. The summed E-state index contributed by atoms with van der Waals surface area (Å²) in [7, 11) is 0. The van der Waals surface area contributed by atoms with Gasteiger partial charge in [0, 0.05) is 19.6 Å². The molecule has 0 aromatic rings. The molecule has 2 aliphatic heterocycles. The van der Waals surface area contributed by atoms with Crippen LogP contribution in [0.25, 0.3) is 0 Å². The molecular weight excluding hydrogens is 264 g/mol. The number of carbonyl (C=O) groups is 2. The normalized spacial score (nSPS) is 28.5. The van der Waals surface area contributed by atoms with Crippen LogP contribution in [0.5, 0.6) is 0 Å². The SMILES string of the molecule is CC1CN(C(=O)N2CCC(C(=O)O)CC2)CC(CO)O1. The van der Waals surface area contributed by atoms with Gasteiger partial charge in [0.1, 0.15) is 0 Å². The van der Waals surface area contributed by atoms with E-state index in [-0.39, 0.29) is 30.8 Å². The lowest BCUT2D eigenvalue weighted by Crippen LogP contribution is -2.55. The molecule has 114 valence electrons. The number of urea groups is 1. The highest BCUT2D eigenvalue weighted by molar-refractivity contribution is 5.75. The summed E-state index contributed by atoms with van der Waals surface area (Å²) in [6.45, 7) is 3.62. The predicted octanol–water partition coefficient (Wildman–Crippen LogP) is -0.0154. The van der Waals surface area contributed by atoms with E-state index in [9.17, 15) is 14.7 Å². The topological polar surface area (TPSA) is 90.3 Å². The van der Waals surface area contributed by atoms with E-state index < -0.39 is 5.97 Å². The summed E-state index contributed by atoms with van der Waals surface area (Å²) in [5, 5.41) is 18.1. The van der Waals surface area contributed by atoms with Crippen LogP contribution in [0.4, 0.5) is 4.79 Å². The maximum Gasteiger partial charge on any atom is 0.320 e. The molecule has 7 heteroatoms. The first kappa shape index (κ1) is 15.1. The van der Waals surface area contributed by atoms with Crippen LogP contribution in [0.1, 0.15) is 19.8 Å². The number of morpholine rings is 1. The third-order valence-electron chi connectivity index (χ3n) is 3.92. The monoisotopic (exact) mass is 286 g/mol. The van der Waals surface area contributed by atoms with E-state index in [0.29, 0.717) is 39.0 Å². The van der Waals surface area contributed by atoms with Gasteiger partial charge in [-0.2, -0.15) is 0 Å². The van der Waals surface area contributed by atoms with E-state index in [2.05, 4.69) is 0 Å². The molecule has 0 bridgehead atoms. The van der Waals surface area contributed by atoms with Gasteiger partial charge < -0.3 is 24.7 Å². The van der Waals surface area contributed by atoms with Gasteiger partial charge in [-0.25, -0.2) is 4.79 Å². The van der Waals surface area contributed by atoms with E-state index >= 15 is 0 Å². The number of likely N-dealkylation sites (tertiary alicyclic amines) is 1. The number of carboxylic acid groups (broad SMARTS) is 1. The average molecular weight is 286 g/mol. The molecule has 2 aliphatic rings. The summed E-state index contributed by atoms with van der Waals surface area (Å²) in [6.07, 6.45) is 0.579. The van der Waals surface area contributed by atoms with E-state index in [1.165, 1.54) is 0 Å².